The van der Waals surface area contributed by atoms with Crippen molar-refractivity contribution in [2.24, 2.45) is 0 Å². The quantitative estimate of drug-likeness (QED) is 0.829. The number of hydrogen-bond acceptors (Lipinski definition) is 4. The number of methoxy groups -OCH3 is 1. The molecule has 1 saturated heterocycles. The lowest BCUT2D eigenvalue weighted by Gasteiger charge is -2.34. The van der Waals surface area contributed by atoms with Crippen LogP contribution in [0.2, 0.25) is 0 Å². The lowest BCUT2D eigenvalue weighted by atomic mass is 10.1. The van der Waals surface area contributed by atoms with E-state index in [2.05, 4.69) is 5.32 Å². The van der Waals surface area contributed by atoms with Gasteiger partial charge in [0.1, 0.15) is 5.82 Å². The summed E-state index contributed by atoms with van der Waals surface area (Å²) >= 11 is 0. The molecule has 148 valence electrons. The molecule has 0 radical (unpaired) electrons. The van der Waals surface area contributed by atoms with E-state index in [1.165, 1.54) is 12.1 Å². The third-order valence-electron chi connectivity index (χ3n) is 4.62. The third-order valence-corrected chi connectivity index (χ3v) is 4.62. The maximum atomic E-state index is 13.2. The molecule has 7 heteroatoms. The molecule has 0 bridgehead atoms. The molecule has 0 saturated carbocycles. The molecule has 0 atom stereocenters. The van der Waals surface area contributed by atoms with Crippen LogP contribution in [0.5, 0.6) is 0 Å². The lowest BCUT2D eigenvalue weighted by molar-refractivity contribution is -0.117. The highest BCUT2D eigenvalue weighted by Crippen LogP contribution is 2.13. The van der Waals surface area contributed by atoms with Gasteiger partial charge < -0.3 is 15.0 Å². The number of halogens is 1. The molecule has 28 heavy (non-hydrogen) atoms. The van der Waals surface area contributed by atoms with Crippen LogP contribution in [0, 0.1) is 5.82 Å². The molecule has 2 aromatic carbocycles. The average Bonchev–Trinajstić information content (AvgIpc) is 2.68. The van der Waals surface area contributed by atoms with Crippen LogP contribution < -0.4 is 5.32 Å². The summed E-state index contributed by atoms with van der Waals surface area (Å²) in [4.78, 5) is 28.7. The fraction of sp³-hybridized carbons (Fsp3) is 0.333. The Kier molecular flexibility index (Phi) is 6.73. The van der Waals surface area contributed by atoms with Crippen molar-refractivity contribution in [3.8, 4) is 0 Å². The number of anilines is 1. The van der Waals surface area contributed by atoms with E-state index < -0.39 is 0 Å². The second-order valence-corrected chi connectivity index (χ2v) is 6.76. The molecular formula is C21H24FN3O3. The van der Waals surface area contributed by atoms with Crippen molar-refractivity contribution in [2.45, 2.75) is 6.61 Å². The molecule has 2 amide bonds. The molecule has 6 nitrogen and oxygen atoms in total. The topological polar surface area (TPSA) is 61.9 Å². The number of rotatable bonds is 6. The Morgan fingerprint density at radius 2 is 1.82 bits per heavy atom. The number of carbonyl (C=O) groups excluding carboxylic acids is 2. The molecule has 0 aromatic heterocycles. The van der Waals surface area contributed by atoms with Crippen LogP contribution in [-0.4, -0.2) is 61.4 Å². The van der Waals surface area contributed by atoms with E-state index in [-0.39, 0.29) is 24.2 Å². The van der Waals surface area contributed by atoms with Gasteiger partial charge in [-0.05, 0) is 35.9 Å². The maximum absolute atomic E-state index is 13.2. The SMILES string of the molecule is COCc1cccc(C(=O)N2CCN(CC(=O)Nc3cccc(F)c3)CC2)c1. The first-order valence-corrected chi connectivity index (χ1v) is 9.20. The van der Waals surface area contributed by atoms with Crippen molar-refractivity contribution in [3.63, 3.8) is 0 Å². The Bertz CT molecular complexity index is 835. The molecular weight excluding hydrogens is 361 g/mol. The van der Waals surface area contributed by atoms with Crippen molar-refractivity contribution < 1.29 is 18.7 Å². The number of ether oxygens (including phenoxy) is 1. The smallest absolute Gasteiger partial charge is 0.253 e. The Hall–Kier alpha value is -2.77. The zero-order valence-corrected chi connectivity index (χ0v) is 15.9. The van der Waals surface area contributed by atoms with Gasteiger partial charge in [0.25, 0.3) is 5.91 Å². The van der Waals surface area contributed by atoms with Crippen LogP contribution in [0.1, 0.15) is 15.9 Å². The van der Waals surface area contributed by atoms with Gasteiger partial charge in [-0.1, -0.05) is 18.2 Å². The van der Waals surface area contributed by atoms with Gasteiger partial charge in [-0.15, -0.1) is 0 Å². The van der Waals surface area contributed by atoms with E-state index in [4.69, 9.17) is 4.74 Å². The molecule has 0 spiro atoms. The average molecular weight is 385 g/mol. The normalized spacial score (nSPS) is 14.7. The highest BCUT2D eigenvalue weighted by Gasteiger charge is 2.23. The zero-order valence-electron chi connectivity index (χ0n) is 15.9. The van der Waals surface area contributed by atoms with Gasteiger partial charge in [-0.2, -0.15) is 0 Å². The van der Waals surface area contributed by atoms with Gasteiger partial charge in [-0.25, -0.2) is 4.39 Å². The number of carbonyl (C=O) groups is 2. The third kappa shape index (κ3) is 5.37. The van der Waals surface area contributed by atoms with Crippen molar-refractivity contribution in [1.29, 1.82) is 0 Å². The number of hydrogen-bond donors (Lipinski definition) is 1. The number of nitrogens with zero attached hydrogens (tertiary/aromatic N) is 2. The van der Waals surface area contributed by atoms with Gasteiger partial charge >= 0.3 is 0 Å². The monoisotopic (exact) mass is 385 g/mol. The summed E-state index contributed by atoms with van der Waals surface area (Å²) in [7, 11) is 1.62. The second-order valence-electron chi connectivity index (χ2n) is 6.76. The molecule has 1 aliphatic rings. The minimum atomic E-state index is -0.389. The van der Waals surface area contributed by atoms with E-state index in [0.29, 0.717) is 44.0 Å². The minimum absolute atomic E-state index is 0.0122. The highest BCUT2D eigenvalue weighted by atomic mass is 19.1. The molecule has 1 fully saturated rings. The van der Waals surface area contributed by atoms with E-state index in [9.17, 15) is 14.0 Å². The Balaban J connectivity index is 1.49. The Morgan fingerprint density at radius 1 is 1.07 bits per heavy atom. The highest BCUT2D eigenvalue weighted by molar-refractivity contribution is 5.94. The van der Waals surface area contributed by atoms with Crippen LogP contribution >= 0.6 is 0 Å². The first kappa shape index (κ1) is 20.0. The van der Waals surface area contributed by atoms with E-state index >= 15 is 0 Å². The second kappa shape index (κ2) is 9.43. The van der Waals surface area contributed by atoms with Crippen molar-refractivity contribution >= 4 is 17.5 Å². The predicted molar refractivity (Wildman–Crippen MR) is 105 cm³/mol. The molecule has 1 aliphatic heterocycles. The number of nitrogens with one attached hydrogen (secondary N) is 1. The lowest BCUT2D eigenvalue weighted by Crippen LogP contribution is -2.50. The van der Waals surface area contributed by atoms with E-state index in [1.807, 2.05) is 23.1 Å². The van der Waals surface area contributed by atoms with Gasteiger partial charge in [0.15, 0.2) is 0 Å². The zero-order chi connectivity index (χ0) is 19.9. The molecule has 1 N–H and O–H groups in total. The Labute approximate surface area is 163 Å². The first-order valence-electron chi connectivity index (χ1n) is 9.20. The van der Waals surface area contributed by atoms with E-state index in [0.717, 1.165) is 5.56 Å². The van der Waals surface area contributed by atoms with Crippen molar-refractivity contribution in [1.82, 2.24) is 9.80 Å². The van der Waals surface area contributed by atoms with Crippen molar-refractivity contribution in [3.05, 3.63) is 65.5 Å². The molecule has 0 aliphatic carbocycles. The summed E-state index contributed by atoms with van der Waals surface area (Å²) in [5.74, 6) is -0.598. The van der Waals surface area contributed by atoms with Crippen LogP contribution in [0.15, 0.2) is 48.5 Å². The van der Waals surface area contributed by atoms with Crippen LogP contribution in [0.4, 0.5) is 10.1 Å². The van der Waals surface area contributed by atoms with Gasteiger partial charge in [-0.3, -0.25) is 14.5 Å². The van der Waals surface area contributed by atoms with Crippen LogP contribution in [0.3, 0.4) is 0 Å². The number of piperazine rings is 1. The van der Waals surface area contributed by atoms with Crippen LogP contribution in [-0.2, 0) is 16.1 Å². The molecule has 2 aromatic rings. The fourth-order valence-corrected chi connectivity index (χ4v) is 3.22. The van der Waals surface area contributed by atoms with Crippen LogP contribution in [0.25, 0.3) is 0 Å². The molecule has 0 unspecified atom stereocenters. The summed E-state index contributed by atoms with van der Waals surface area (Å²) < 4.78 is 18.3. The molecule has 3 rings (SSSR count). The summed E-state index contributed by atoms with van der Waals surface area (Å²) in [6.07, 6.45) is 0. The number of benzene rings is 2. The van der Waals surface area contributed by atoms with Gasteiger partial charge in [0, 0.05) is 44.5 Å². The van der Waals surface area contributed by atoms with Crippen molar-refractivity contribution in [2.75, 3.05) is 45.2 Å². The maximum Gasteiger partial charge on any atom is 0.253 e. The standard InChI is InChI=1S/C21H24FN3O3/c1-28-15-16-4-2-5-17(12-16)21(27)25-10-8-24(9-11-25)14-20(26)23-19-7-3-6-18(22)13-19/h2-7,12-13H,8-11,14-15H2,1H3,(H,23,26). The largest absolute Gasteiger partial charge is 0.380 e. The first-order chi connectivity index (χ1) is 13.5. The minimum Gasteiger partial charge on any atom is -0.380 e. The summed E-state index contributed by atoms with van der Waals surface area (Å²) in [5.41, 5.74) is 2.04. The summed E-state index contributed by atoms with van der Waals surface area (Å²) in [6.45, 7) is 3.01. The Morgan fingerprint density at radius 3 is 2.54 bits per heavy atom. The van der Waals surface area contributed by atoms with Gasteiger partial charge in [0.2, 0.25) is 5.91 Å². The number of amides is 2. The predicted octanol–water partition coefficient (Wildman–Crippen LogP) is 2.37. The van der Waals surface area contributed by atoms with E-state index in [1.54, 1.807) is 30.2 Å². The summed E-state index contributed by atoms with van der Waals surface area (Å²) in [5, 5.41) is 2.70. The summed E-state index contributed by atoms with van der Waals surface area (Å²) in [6, 6.07) is 13.3. The van der Waals surface area contributed by atoms with Gasteiger partial charge in [0.05, 0.1) is 13.2 Å². The molecule has 1 heterocycles. The fourth-order valence-electron chi connectivity index (χ4n) is 3.22.